The summed E-state index contributed by atoms with van der Waals surface area (Å²) < 4.78 is 0. The van der Waals surface area contributed by atoms with Crippen molar-refractivity contribution < 1.29 is 0 Å². The minimum Gasteiger partial charge on any atom is -0.312 e. The number of thioether (sulfide) groups is 1. The molecule has 94 valence electrons. The number of rotatable bonds is 3. The van der Waals surface area contributed by atoms with Crippen LogP contribution in [0.4, 0.5) is 0 Å². The van der Waals surface area contributed by atoms with Gasteiger partial charge in [-0.1, -0.05) is 33.1 Å². The van der Waals surface area contributed by atoms with E-state index < -0.39 is 0 Å². The van der Waals surface area contributed by atoms with Gasteiger partial charge in [0.15, 0.2) is 0 Å². The Morgan fingerprint density at radius 2 is 1.94 bits per heavy atom. The molecule has 1 aliphatic heterocycles. The lowest BCUT2D eigenvalue weighted by molar-refractivity contribution is 0.226. The fourth-order valence-electron chi connectivity index (χ4n) is 2.97. The molecule has 0 bridgehead atoms. The molecule has 1 atom stereocenters. The van der Waals surface area contributed by atoms with Gasteiger partial charge in [0.25, 0.3) is 0 Å². The molecule has 0 aromatic heterocycles. The van der Waals surface area contributed by atoms with Gasteiger partial charge >= 0.3 is 0 Å². The highest BCUT2D eigenvalue weighted by Gasteiger charge is 2.32. The van der Waals surface area contributed by atoms with Crippen LogP contribution in [0.3, 0.4) is 0 Å². The largest absolute Gasteiger partial charge is 0.312 e. The first kappa shape index (κ1) is 12.8. The van der Waals surface area contributed by atoms with E-state index in [-0.39, 0.29) is 0 Å². The molecule has 1 aliphatic carbocycles. The van der Waals surface area contributed by atoms with E-state index >= 15 is 0 Å². The Balaban J connectivity index is 1.75. The first-order valence-corrected chi connectivity index (χ1v) is 8.15. The van der Waals surface area contributed by atoms with Crippen molar-refractivity contribution in [1.29, 1.82) is 0 Å². The Labute approximate surface area is 105 Å². The molecule has 0 aromatic carbocycles. The van der Waals surface area contributed by atoms with Crippen LogP contribution in [0, 0.1) is 11.3 Å². The maximum absolute atomic E-state index is 3.86. The molecule has 2 heteroatoms. The molecule has 0 amide bonds. The first-order valence-electron chi connectivity index (χ1n) is 6.99. The van der Waals surface area contributed by atoms with E-state index in [0.717, 1.165) is 12.0 Å². The van der Waals surface area contributed by atoms with E-state index in [4.69, 9.17) is 0 Å². The monoisotopic (exact) mass is 241 g/mol. The Morgan fingerprint density at radius 1 is 1.19 bits per heavy atom. The second kappa shape index (κ2) is 5.77. The first-order chi connectivity index (χ1) is 7.68. The van der Waals surface area contributed by atoms with Crippen LogP contribution in [0.25, 0.3) is 0 Å². The SMILES string of the molecule is CC1(C)CCSCC1NCC1CCCCC1. The maximum Gasteiger partial charge on any atom is 0.0209 e. The van der Waals surface area contributed by atoms with Crippen molar-refractivity contribution in [3.8, 4) is 0 Å². The van der Waals surface area contributed by atoms with Crippen LogP contribution in [0.15, 0.2) is 0 Å². The van der Waals surface area contributed by atoms with Crippen molar-refractivity contribution in [2.45, 2.75) is 58.4 Å². The molecular weight excluding hydrogens is 214 g/mol. The van der Waals surface area contributed by atoms with Crippen LogP contribution in [-0.4, -0.2) is 24.1 Å². The van der Waals surface area contributed by atoms with Crippen LogP contribution in [0.2, 0.25) is 0 Å². The van der Waals surface area contributed by atoms with Gasteiger partial charge in [-0.2, -0.15) is 11.8 Å². The molecule has 16 heavy (non-hydrogen) atoms. The van der Waals surface area contributed by atoms with Gasteiger partial charge in [-0.15, -0.1) is 0 Å². The summed E-state index contributed by atoms with van der Waals surface area (Å²) in [5.74, 6) is 3.64. The Kier molecular flexibility index (Phi) is 4.60. The van der Waals surface area contributed by atoms with Gasteiger partial charge in [-0.05, 0) is 42.9 Å². The lowest BCUT2D eigenvalue weighted by Crippen LogP contribution is -2.48. The van der Waals surface area contributed by atoms with Crippen LogP contribution in [0.5, 0.6) is 0 Å². The Morgan fingerprint density at radius 3 is 2.62 bits per heavy atom. The van der Waals surface area contributed by atoms with Crippen LogP contribution in [0.1, 0.15) is 52.4 Å². The van der Waals surface area contributed by atoms with E-state index in [9.17, 15) is 0 Å². The quantitative estimate of drug-likeness (QED) is 0.809. The third-order valence-electron chi connectivity index (χ3n) is 4.50. The summed E-state index contributed by atoms with van der Waals surface area (Å²) in [4.78, 5) is 0. The molecule has 0 spiro atoms. The molecule has 1 unspecified atom stereocenters. The molecular formula is C14H27NS. The summed E-state index contributed by atoms with van der Waals surface area (Å²) in [7, 11) is 0. The van der Waals surface area contributed by atoms with E-state index in [1.54, 1.807) is 0 Å². The predicted molar refractivity (Wildman–Crippen MR) is 74.1 cm³/mol. The molecule has 1 saturated carbocycles. The lowest BCUT2D eigenvalue weighted by atomic mass is 9.81. The van der Waals surface area contributed by atoms with E-state index in [2.05, 4.69) is 30.9 Å². The number of hydrogen-bond acceptors (Lipinski definition) is 2. The second-order valence-corrected chi connectivity index (χ2v) is 7.43. The summed E-state index contributed by atoms with van der Waals surface area (Å²) in [5.41, 5.74) is 0.514. The molecule has 2 fully saturated rings. The standard InChI is InChI=1S/C14H27NS/c1-14(2)8-9-16-11-13(14)15-10-12-6-4-3-5-7-12/h12-13,15H,3-11H2,1-2H3. The fraction of sp³-hybridized carbons (Fsp3) is 1.00. The van der Waals surface area contributed by atoms with Gasteiger partial charge < -0.3 is 5.32 Å². The molecule has 1 nitrogen and oxygen atoms in total. The molecule has 2 aliphatic rings. The van der Waals surface area contributed by atoms with Crippen molar-refractivity contribution in [3.05, 3.63) is 0 Å². The fourth-order valence-corrected chi connectivity index (χ4v) is 4.61. The zero-order chi connectivity index (χ0) is 11.4. The van der Waals surface area contributed by atoms with E-state index in [0.29, 0.717) is 5.41 Å². The maximum atomic E-state index is 3.86. The average Bonchev–Trinajstić information content (AvgIpc) is 2.28. The third-order valence-corrected chi connectivity index (χ3v) is 5.56. The number of hydrogen-bond donors (Lipinski definition) is 1. The highest BCUT2D eigenvalue weighted by atomic mass is 32.2. The van der Waals surface area contributed by atoms with E-state index in [1.807, 2.05) is 0 Å². The lowest BCUT2D eigenvalue weighted by Gasteiger charge is -2.40. The minimum absolute atomic E-state index is 0.514. The van der Waals surface area contributed by atoms with Gasteiger partial charge in [-0.3, -0.25) is 0 Å². The van der Waals surface area contributed by atoms with E-state index in [1.165, 1.54) is 56.6 Å². The normalized spacial score (nSPS) is 31.5. The highest BCUT2D eigenvalue weighted by Crippen LogP contribution is 2.34. The third kappa shape index (κ3) is 3.40. The average molecular weight is 241 g/mol. The highest BCUT2D eigenvalue weighted by molar-refractivity contribution is 7.99. The minimum atomic E-state index is 0.514. The van der Waals surface area contributed by atoms with Crippen molar-refractivity contribution in [2.24, 2.45) is 11.3 Å². The molecule has 1 saturated heterocycles. The van der Waals surface area contributed by atoms with Crippen LogP contribution in [-0.2, 0) is 0 Å². The molecule has 1 N–H and O–H groups in total. The number of nitrogens with one attached hydrogen (secondary N) is 1. The van der Waals surface area contributed by atoms with Gasteiger partial charge in [0, 0.05) is 11.8 Å². The van der Waals surface area contributed by atoms with Crippen molar-refractivity contribution in [2.75, 3.05) is 18.1 Å². The summed E-state index contributed by atoms with van der Waals surface area (Å²) in [6, 6.07) is 0.744. The van der Waals surface area contributed by atoms with Crippen molar-refractivity contribution in [1.82, 2.24) is 5.32 Å². The van der Waals surface area contributed by atoms with Gasteiger partial charge in [-0.25, -0.2) is 0 Å². The van der Waals surface area contributed by atoms with Crippen LogP contribution >= 0.6 is 11.8 Å². The Hall–Kier alpha value is 0.310. The topological polar surface area (TPSA) is 12.0 Å². The molecule has 0 radical (unpaired) electrons. The summed E-state index contributed by atoms with van der Waals surface area (Å²) in [5, 5.41) is 3.86. The predicted octanol–water partition coefficient (Wildman–Crippen LogP) is 3.69. The smallest absolute Gasteiger partial charge is 0.0209 e. The Bertz CT molecular complexity index is 209. The van der Waals surface area contributed by atoms with Gasteiger partial charge in [0.05, 0.1) is 0 Å². The molecule has 0 aromatic rings. The summed E-state index contributed by atoms with van der Waals surface area (Å²) >= 11 is 2.13. The molecule has 1 heterocycles. The van der Waals surface area contributed by atoms with Gasteiger partial charge in [0.2, 0.25) is 0 Å². The summed E-state index contributed by atoms with van der Waals surface area (Å²) in [6.45, 7) is 6.14. The van der Waals surface area contributed by atoms with Crippen molar-refractivity contribution >= 4 is 11.8 Å². The zero-order valence-corrected chi connectivity index (χ0v) is 11.7. The second-order valence-electron chi connectivity index (χ2n) is 6.28. The van der Waals surface area contributed by atoms with Crippen LogP contribution < -0.4 is 5.32 Å². The van der Waals surface area contributed by atoms with Gasteiger partial charge in [0.1, 0.15) is 0 Å². The zero-order valence-electron chi connectivity index (χ0n) is 10.9. The summed E-state index contributed by atoms with van der Waals surface area (Å²) in [6.07, 6.45) is 8.71. The van der Waals surface area contributed by atoms with Crippen molar-refractivity contribution in [3.63, 3.8) is 0 Å². The molecule has 2 rings (SSSR count).